The number of rotatable bonds is 2. The average molecular weight is 306 g/mol. The molecule has 0 heterocycles. The second-order valence-corrected chi connectivity index (χ2v) is 6.44. The monoisotopic (exact) mass is 306 g/mol. The Morgan fingerprint density at radius 2 is 1.53 bits per heavy atom. The number of hydrogen-bond acceptors (Lipinski definition) is 4. The van der Waals surface area contributed by atoms with Gasteiger partial charge in [-0.3, -0.25) is 9.11 Å². The van der Waals surface area contributed by atoms with Crippen molar-refractivity contribution in [2.45, 2.75) is 9.79 Å². The quantitative estimate of drug-likeness (QED) is 0.813. The molecule has 2 N–H and O–H groups in total. The summed E-state index contributed by atoms with van der Waals surface area (Å²) in [4.78, 5) is -2.39. The molecule has 0 unspecified atom stereocenters. The van der Waals surface area contributed by atoms with E-state index in [9.17, 15) is 21.2 Å². The molecule has 0 radical (unpaired) electrons. The van der Waals surface area contributed by atoms with Crippen molar-refractivity contribution in [2.75, 3.05) is 0 Å². The third-order valence-corrected chi connectivity index (χ3v) is 4.21. The van der Waals surface area contributed by atoms with E-state index in [-0.39, 0.29) is 10.8 Å². The minimum absolute atomic E-state index is 0.0455. The second kappa shape index (κ2) is 4.23. The SMILES string of the molecule is O=S(=O)(O)c1cc2ccccc2c(S(=O)(=O)O)c1F. The van der Waals surface area contributed by atoms with Crippen LogP contribution in [0.25, 0.3) is 10.8 Å². The van der Waals surface area contributed by atoms with E-state index in [1.54, 1.807) is 0 Å². The molecule has 0 aliphatic rings. The van der Waals surface area contributed by atoms with Crippen molar-refractivity contribution < 1.29 is 30.3 Å². The molecule has 2 aromatic rings. The van der Waals surface area contributed by atoms with Crippen LogP contribution in [0.4, 0.5) is 4.39 Å². The molecular weight excluding hydrogens is 299 g/mol. The van der Waals surface area contributed by atoms with Crippen molar-refractivity contribution in [3.05, 3.63) is 36.1 Å². The van der Waals surface area contributed by atoms with Crippen molar-refractivity contribution in [3.63, 3.8) is 0 Å². The zero-order valence-electron chi connectivity index (χ0n) is 9.11. The summed E-state index contributed by atoms with van der Waals surface area (Å²) in [5.41, 5.74) is 0. The maximum absolute atomic E-state index is 13.9. The molecule has 0 aliphatic carbocycles. The minimum atomic E-state index is -4.99. The van der Waals surface area contributed by atoms with Gasteiger partial charge in [-0.25, -0.2) is 4.39 Å². The van der Waals surface area contributed by atoms with Crippen LogP contribution in [0.15, 0.2) is 40.1 Å². The summed E-state index contributed by atoms with van der Waals surface area (Å²) in [5, 5.41) is -0.140. The van der Waals surface area contributed by atoms with Crippen LogP contribution in [-0.4, -0.2) is 25.9 Å². The topological polar surface area (TPSA) is 109 Å². The Labute approximate surface area is 108 Å². The van der Waals surface area contributed by atoms with Crippen molar-refractivity contribution in [1.82, 2.24) is 0 Å². The van der Waals surface area contributed by atoms with E-state index in [4.69, 9.17) is 9.11 Å². The molecule has 0 amide bonds. The van der Waals surface area contributed by atoms with Gasteiger partial charge in [0.2, 0.25) is 0 Å². The summed E-state index contributed by atoms with van der Waals surface area (Å²) < 4.78 is 76.2. The Balaban J connectivity index is 3.12. The van der Waals surface area contributed by atoms with Gasteiger partial charge in [0, 0.05) is 5.39 Å². The lowest BCUT2D eigenvalue weighted by Gasteiger charge is -2.08. The fourth-order valence-electron chi connectivity index (χ4n) is 1.70. The van der Waals surface area contributed by atoms with Crippen molar-refractivity contribution in [2.24, 2.45) is 0 Å². The minimum Gasteiger partial charge on any atom is -0.282 e. The molecule has 6 nitrogen and oxygen atoms in total. The molecule has 0 fully saturated rings. The highest BCUT2D eigenvalue weighted by Gasteiger charge is 2.27. The first-order chi connectivity index (χ1) is 8.62. The van der Waals surface area contributed by atoms with Gasteiger partial charge in [-0.05, 0) is 11.5 Å². The molecule has 19 heavy (non-hydrogen) atoms. The smallest absolute Gasteiger partial charge is 0.282 e. The lowest BCUT2D eigenvalue weighted by atomic mass is 10.1. The fourth-order valence-corrected chi connectivity index (χ4v) is 3.17. The highest BCUT2D eigenvalue weighted by molar-refractivity contribution is 7.86. The Morgan fingerprint density at radius 3 is 2.05 bits per heavy atom. The van der Waals surface area contributed by atoms with E-state index in [1.807, 2.05) is 0 Å². The molecule has 0 spiro atoms. The van der Waals surface area contributed by atoms with Crippen LogP contribution >= 0.6 is 0 Å². The standard InChI is InChI=1S/C10H7FO6S2/c11-9-8(18(12,13)14)5-6-3-1-2-4-7(6)10(9)19(15,16)17/h1-5H,(H,12,13,14)(H,15,16,17). The Kier molecular flexibility index (Phi) is 3.09. The maximum Gasteiger partial charge on any atom is 0.298 e. The third kappa shape index (κ3) is 2.45. The second-order valence-electron chi connectivity index (χ2n) is 3.69. The lowest BCUT2D eigenvalue weighted by Crippen LogP contribution is -2.09. The van der Waals surface area contributed by atoms with Gasteiger partial charge < -0.3 is 0 Å². The first-order valence-corrected chi connectivity index (χ1v) is 7.66. The molecule has 2 rings (SSSR count). The van der Waals surface area contributed by atoms with Gasteiger partial charge in [0.25, 0.3) is 20.2 Å². The predicted molar refractivity (Wildman–Crippen MR) is 63.5 cm³/mol. The summed E-state index contributed by atoms with van der Waals surface area (Å²) in [6.45, 7) is 0. The van der Waals surface area contributed by atoms with Crippen LogP contribution in [0.5, 0.6) is 0 Å². The van der Waals surface area contributed by atoms with Gasteiger partial charge in [0.15, 0.2) is 5.82 Å². The van der Waals surface area contributed by atoms with Crippen LogP contribution < -0.4 is 0 Å². The molecule has 9 heteroatoms. The summed E-state index contributed by atoms with van der Waals surface area (Å²) in [6, 6.07) is 6.16. The van der Waals surface area contributed by atoms with Gasteiger partial charge in [0.05, 0.1) is 0 Å². The van der Waals surface area contributed by atoms with Crippen LogP contribution in [0, 0.1) is 5.82 Å². The Morgan fingerprint density at radius 1 is 0.947 bits per heavy atom. The summed E-state index contributed by atoms with van der Waals surface area (Å²) >= 11 is 0. The van der Waals surface area contributed by atoms with Gasteiger partial charge in [-0.2, -0.15) is 16.8 Å². The first kappa shape index (κ1) is 13.9. The van der Waals surface area contributed by atoms with Crippen LogP contribution in [0.2, 0.25) is 0 Å². The summed E-state index contributed by atoms with van der Waals surface area (Å²) in [7, 11) is -9.95. The van der Waals surface area contributed by atoms with Crippen molar-refractivity contribution in [1.29, 1.82) is 0 Å². The molecule has 102 valence electrons. The van der Waals surface area contributed by atoms with Crippen LogP contribution in [0.1, 0.15) is 0 Å². The van der Waals surface area contributed by atoms with Crippen LogP contribution in [0.3, 0.4) is 0 Å². The van der Waals surface area contributed by atoms with Crippen molar-refractivity contribution in [3.8, 4) is 0 Å². The van der Waals surface area contributed by atoms with E-state index in [1.165, 1.54) is 24.3 Å². The molecule has 0 saturated heterocycles. The zero-order chi connectivity index (χ0) is 14.4. The first-order valence-electron chi connectivity index (χ1n) is 4.78. The molecule has 0 aliphatic heterocycles. The Hall–Kier alpha value is -1.55. The van der Waals surface area contributed by atoms with Gasteiger partial charge in [-0.15, -0.1) is 0 Å². The maximum atomic E-state index is 13.9. The predicted octanol–water partition coefficient (Wildman–Crippen LogP) is 1.47. The Bertz CT molecular complexity index is 870. The molecular formula is C10H7FO6S2. The van der Waals surface area contributed by atoms with E-state index >= 15 is 0 Å². The van der Waals surface area contributed by atoms with E-state index in [0.29, 0.717) is 0 Å². The van der Waals surface area contributed by atoms with E-state index in [0.717, 1.165) is 6.07 Å². The highest BCUT2D eigenvalue weighted by Crippen LogP contribution is 2.30. The number of hydrogen-bond donors (Lipinski definition) is 2. The normalized spacial score (nSPS) is 12.8. The van der Waals surface area contributed by atoms with E-state index in [2.05, 4.69) is 0 Å². The number of benzene rings is 2. The highest BCUT2D eigenvalue weighted by atomic mass is 32.2. The largest absolute Gasteiger partial charge is 0.298 e. The van der Waals surface area contributed by atoms with Gasteiger partial charge in [0.1, 0.15) is 9.79 Å². The molecule has 0 bridgehead atoms. The number of fused-ring (bicyclic) bond motifs is 1. The molecule has 0 aromatic heterocycles. The molecule has 2 aromatic carbocycles. The average Bonchev–Trinajstić information content (AvgIpc) is 2.24. The van der Waals surface area contributed by atoms with Crippen LogP contribution in [-0.2, 0) is 20.2 Å². The van der Waals surface area contributed by atoms with Gasteiger partial charge >= 0.3 is 0 Å². The zero-order valence-corrected chi connectivity index (χ0v) is 10.7. The number of halogens is 1. The molecule has 0 saturated carbocycles. The van der Waals surface area contributed by atoms with Crippen molar-refractivity contribution >= 4 is 31.0 Å². The summed E-state index contributed by atoms with van der Waals surface area (Å²) in [5.74, 6) is -1.72. The van der Waals surface area contributed by atoms with E-state index < -0.39 is 35.8 Å². The molecule has 0 atom stereocenters. The summed E-state index contributed by atoms with van der Waals surface area (Å²) in [6.07, 6.45) is 0. The lowest BCUT2D eigenvalue weighted by molar-refractivity contribution is 0.461. The van der Waals surface area contributed by atoms with Gasteiger partial charge in [-0.1, -0.05) is 24.3 Å². The fraction of sp³-hybridized carbons (Fsp3) is 0. The third-order valence-electron chi connectivity index (χ3n) is 2.44.